The van der Waals surface area contributed by atoms with E-state index in [0.29, 0.717) is 6.54 Å². The maximum Gasteiger partial charge on any atom is 0.236 e. The van der Waals surface area contributed by atoms with Crippen LogP contribution in [0.3, 0.4) is 0 Å². The number of rotatable bonds is 2. The van der Waals surface area contributed by atoms with Gasteiger partial charge in [0.2, 0.25) is 5.91 Å². The molecule has 2 aliphatic heterocycles. The SMILES string of the molecule is O=C1CNCCN1CC1CCC2(CCCC2)O1. The number of amides is 1. The van der Waals surface area contributed by atoms with Gasteiger partial charge in [0.25, 0.3) is 0 Å². The van der Waals surface area contributed by atoms with Crippen molar-refractivity contribution in [3.8, 4) is 0 Å². The molecule has 0 aromatic heterocycles. The van der Waals surface area contributed by atoms with Crippen LogP contribution in [-0.2, 0) is 9.53 Å². The molecule has 0 aromatic carbocycles. The Morgan fingerprint density at radius 1 is 1.35 bits per heavy atom. The second-order valence-electron chi connectivity index (χ2n) is 5.69. The fourth-order valence-electron chi connectivity index (χ4n) is 3.50. The zero-order valence-electron chi connectivity index (χ0n) is 10.4. The van der Waals surface area contributed by atoms with Gasteiger partial charge in [-0.15, -0.1) is 0 Å². The summed E-state index contributed by atoms with van der Waals surface area (Å²) in [5.41, 5.74) is 0.196. The maximum absolute atomic E-state index is 11.7. The predicted molar refractivity (Wildman–Crippen MR) is 64.8 cm³/mol. The number of hydrogen-bond donors (Lipinski definition) is 1. The second kappa shape index (κ2) is 4.58. The molecule has 17 heavy (non-hydrogen) atoms. The molecule has 0 radical (unpaired) electrons. The molecule has 2 heterocycles. The molecule has 0 aromatic rings. The quantitative estimate of drug-likeness (QED) is 0.777. The van der Waals surface area contributed by atoms with Gasteiger partial charge in [-0.3, -0.25) is 4.79 Å². The zero-order chi connectivity index (χ0) is 11.7. The Morgan fingerprint density at radius 2 is 2.18 bits per heavy atom. The minimum Gasteiger partial charge on any atom is -0.370 e. The minimum absolute atomic E-state index is 0.196. The molecule has 1 atom stereocenters. The molecule has 1 unspecified atom stereocenters. The van der Waals surface area contributed by atoms with E-state index in [1.54, 1.807) is 0 Å². The molecule has 96 valence electrons. The van der Waals surface area contributed by atoms with Crippen LogP contribution in [0.1, 0.15) is 38.5 Å². The van der Waals surface area contributed by atoms with Crippen molar-refractivity contribution in [3.63, 3.8) is 0 Å². The van der Waals surface area contributed by atoms with Gasteiger partial charge >= 0.3 is 0 Å². The van der Waals surface area contributed by atoms with Gasteiger partial charge < -0.3 is 15.0 Å². The summed E-state index contributed by atoms with van der Waals surface area (Å²) >= 11 is 0. The molecule has 4 heteroatoms. The first-order chi connectivity index (χ1) is 8.27. The lowest BCUT2D eigenvalue weighted by molar-refractivity contribution is -0.135. The van der Waals surface area contributed by atoms with Crippen molar-refractivity contribution >= 4 is 5.91 Å². The number of carbonyl (C=O) groups is 1. The van der Waals surface area contributed by atoms with E-state index in [9.17, 15) is 4.79 Å². The molecule has 1 aliphatic carbocycles. The molecule has 1 N–H and O–H groups in total. The monoisotopic (exact) mass is 238 g/mol. The van der Waals surface area contributed by atoms with E-state index in [1.165, 1.54) is 32.1 Å². The van der Waals surface area contributed by atoms with Crippen molar-refractivity contribution in [3.05, 3.63) is 0 Å². The third kappa shape index (κ3) is 2.33. The van der Waals surface area contributed by atoms with Gasteiger partial charge in [0.05, 0.1) is 18.2 Å². The minimum atomic E-state index is 0.196. The Labute approximate surface area is 103 Å². The highest BCUT2D eigenvalue weighted by molar-refractivity contribution is 5.79. The highest BCUT2D eigenvalue weighted by atomic mass is 16.5. The predicted octanol–water partition coefficient (Wildman–Crippen LogP) is 0.910. The second-order valence-corrected chi connectivity index (χ2v) is 5.69. The first-order valence-corrected chi connectivity index (χ1v) is 6.94. The zero-order valence-corrected chi connectivity index (χ0v) is 10.4. The van der Waals surface area contributed by atoms with Crippen LogP contribution in [0.25, 0.3) is 0 Å². The first kappa shape index (κ1) is 11.5. The Kier molecular flexibility index (Phi) is 3.09. The molecule has 0 bridgehead atoms. The average Bonchev–Trinajstić information content (AvgIpc) is 2.94. The summed E-state index contributed by atoms with van der Waals surface area (Å²) in [4.78, 5) is 13.7. The molecular weight excluding hydrogens is 216 g/mol. The highest BCUT2D eigenvalue weighted by Crippen LogP contribution is 2.43. The molecule has 3 fully saturated rings. The summed E-state index contributed by atoms with van der Waals surface area (Å²) in [5.74, 6) is 0.229. The van der Waals surface area contributed by atoms with E-state index in [-0.39, 0.29) is 17.6 Å². The van der Waals surface area contributed by atoms with E-state index in [0.717, 1.165) is 26.1 Å². The van der Waals surface area contributed by atoms with Crippen LogP contribution in [0, 0.1) is 0 Å². The van der Waals surface area contributed by atoms with Crippen LogP contribution in [0.2, 0.25) is 0 Å². The Bertz CT molecular complexity index is 300. The van der Waals surface area contributed by atoms with Crippen molar-refractivity contribution in [2.45, 2.75) is 50.2 Å². The average molecular weight is 238 g/mol. The van der Waals surface area contributed by atoms with Crippen LogP contribution in [-0.4, -0.2) is 48.7 Å². The standard InChI is InChI=1S/C13H22N2O2/c16-12-9-14-7-8-15(12)10-11-3-6-13(17-11)4-1-2-5-13/h11,14H,1-10H2. The van der Waals surface area contributed by atoms with Crippen molar-refractivity contribution in [1.82, 2.24) is 10.2 Å². The summed E-state index contributed by atoms with van der Waals surface area (Å²) in [6.45, 7) is 3.06. The third-order valence-corrected chi connectivity index (χ3v) is 4.46. The van der Waals surface area contributed by atoms with Crippen LogP contribution >= 0.6 is 0 Å². The first-order valence-electron chi connectivity index (χ1n) is 6.94. The maximum atomic E-state index is 11.7. The van der Waals surface area contributed by atoms with Gasteiger partial charge in [0.15, 0.2) is 0 Å². The van der Waals surface area contributed by atoms with Gasteiger partial charge in [0.1, 0.15) is 0 Å². The summed E-state index contributed by atoms with van der Waals surface area (Å²) < 4.78 is 6.25. The molecular formula is C13H22N2O2. The number of nitrogens with zero attached hydrogens (tertiary/aromatic N) is 1. The van der Waals surface area contributed by atoms with Gasteiger partial charge in [-0.05, 0) is 25.7 Å². The van der Waals surface area contributed by atoms with Gasteiger partial charge in [-0.1, -0.05) is 12.8 Å². The van der Waals surface area contributed by atoms with Gasteiger partial charge in [-0.2, -0.15) is 0 Å². The molecule has 2 saturated heterocycles. The van der Waals surface area contributed by atoms with Crippen LogP contribution in [0.5, 0.6) is 0 Å². The fraction of sp³-hybridized carbons (Fsp3) is 0.923. The van der Waals surface area contributed by atoms with Crippen molar-refractivity contribution in [2.75, 3.05) is 26.2 Å². The largest absolute Gasteiger partial charge is 0.370 e. The highest BCUT2D eigenvalue weighted by Gasteiger charge is 2.42. The number of hydrogen-bond acceptors (Lipinski definition) is 3. The number of carbonyl (C=O) groups excluding carboxylic acids is 1. The Balaban J connectivity index is 1.54. The van der Waals surface area contributed by atoms with Gasteiger partial charge in [0, 0.05) is 19.6 Å². The molecule has 3 rings (SSSR count). The smallest absolute Gasteiger partial charge is 0.236 e. The lowest BCUT2D eigenvalue weighted by Gasteiger charge is -2.31. The molecule has 3 aliphatic rings. The molecule has 1 spiro atoms. The number of ether oxygens (including phenoxy) is 1. The van der Waals surface area contributed by atoms with Crippen LogP contribution < -0.4 is 5.32 Å². The normalized spacial score (nSPS) is 32.6. The topological polar surface area (TPSA) is 41.6 Å². The van der Waals surface area contributed by atoms with Crippen molar-refractivity contribution in [1.29, 1.82) is 0 Å². The van der Waals surface area contributed by atoms with Crippen LogP contribution in [0.4, 0.5) is 0 Å². The lowest BCUT2D eigenvalue weighted by atomic mass is 9.98. The van der Waals surface area contributed by atoms with E-state index in [1.807, 2.05) is 4.90 Å². The van der Waals surface area contributed by atoms with E-state index in [2.05, 4.69) is 5.32 Å². The van der Waals surface area contributed by atoms with Gasteiger partial charge in [-0.25, -0.2) is 0 Å². The third-order valence-electron chi connectivity index (χ3n) is 4.46. The van der Waals surface area contributed by atoms with E-state index < -0.39 is 0 Å². The Morgan fingerprint density at radius 3 is 2.94 bits per heavy atom. The lowest BCUT2D eigenvalue weighted by Crippen LogP contribution is -2.50. The van der Waals surface area contributed by atoms with E-state index >= 15 is 0 Å². The summed E-state index contributed by atoms with van der Waals surface area (Å²) in [6, 6.07) is 0. The summed E-state index contributed by atoms with van der Waals surface area (Å²) in [6.07, 6.45) is 7.74. The number of nitrogens with one attached hydrogen (secondary N) is 1. The van der Waals surface area contributed by atoms with Crippen molar-refractivity contribution < 1.29 is 9.53 Å². The summed E-state index contributed by atoms with van der Waals surface area (Å²) in [7, 11) is 0. The van der Waals surface area contributed by atoms with E-state index in [4.69, 9.17) is 4.74 Å². The van der Waals surface area contributed by atoms with Crippen LogP contribution in [0.15, 0.2) is 0 Å². The molecule has 1 amide bonds. The molecule has 1 saturated carbocycles. The van der Waals surface area contributed by atoms with Crippen molar-refractivity contribution in [2.24, 2.45) is 0 Å². The Hall–Kier alpha value is -0.610. The summed E-state index contributed by atoms with van der Waals surface area (Å²) in [5, 5.41) is 3.11. The fourth-order valence-corrected chi connectivity index (χ4v) is 3.50. The number of piperazine rings is 1. The molecule has 4 nitrogen and oxygen atoms in total.